The van der Waals surface area contributed by atoms with Crippen LogP contribution in [0.15, 0.2) is 53.3 Å². The fraction of sp³-hybridized carbons (Fsp3) is 0.250. The number of carbonyl (C=O) groups is 2. The standard InChI is InChI=1S/C20H21N5O3/c1-14-7-9-15(10-8-14)21-18(26)13-24(2)19(27)11-12-25-20(28)16-5-3-4-6-17(16)22-23-25/h3-10H,11-13H2,1-2H3,(H,21,26). The first-order valence-corrected chi connectivity index (χ1v) is 8.87. The first-order chi connectivity index (χ1) is 13.4. The van der Waals surface area contributed by atoms with Crippen LogP contribution in [0.3, 0.4) is 0 Å². The van der Waals surface area contributed by atoms with Crippen molar-refractivity contribution in [2.75, 3.05) is 18.9 Å². The minimum absolute atomic E-state index is 0.0429. The van der Waals surface area contributed by atoms with E-state index >= 15 is 0 Å². The van der Waals surface area contributed by atoms with Crippen LogP contribution < -0.4 is 10.9 Å². The van der Waals surface area contributed by atoms with Crippen LogP contribution in [0.4, 0.5) is 5.69 Å². The average Bonchev–Trinajstić information content (AvgIpc) is 2.69. The van der Waals surface area contributed by atoms with Crippen molar-refractivity contribution < 1.29 is 9.59 Å². The number of amides is 2. The predicted octanol–water partition coefficient (Wildman–Crippen LogP) is 1.59. The van der Waals surface area contributed by atoms with E-state index in [4.69, 9.17) is 0 Å². The number of likely N-dealkylation sites (N-methyl/N-ethyl adjacent to an activating group) is 1. The quantitative estimate of drug-likeness (QED) is 0.701. The van der Waals surface area contributed by atoms with Crippen LogP contribution in [-0.4, -0.2) is 45.3 Å². The van der Waals surface area contributed by atoms with Crippen LogP contribution in [0.5, 0.6) is 0 Å². The molecule has 0 atom stereocenters. The predicted molar refractivity (Wildman–Crippen MR) is 106 cm³/mol. The Hall–Kier alpha value is -3.55. The van der Waals surface area contributed by atoms with Crippen LogP contribution in [0.1, 0.15) is 12.0 Å². The molecular weight excluding hydrogens is 358 g/mol. The maximum Gasteiger partial charge on any atom is 0.277 e. The molecule has 3 aromatic rings. The Kier molecular flexibility index (Phi) is 5.78. The van der Waals surface area contributed by atoms with E-state index in [2.05, 4.69) is 15.6 Å². The second kappa shape index (κ2) is 8.43. The van der Waals surface area contributed by atoms with Gasteiger partial charge >= 0.3 is 0 Å². The summed E-state index contributed by atoms with van der Waals surface area (Å²) in [5.41, 5.74) is 1.99. The lowest BCUT2D eigenvalue weighted by Gasteiger charge is -2.17. The second-order valence-electron chi connectivity index (χ2n) is 6.55. The highest BCUT2D eigenvalue weighted by molar-refractivity contribution is 5.94. The first kappa shape index (κ1) is 19.2. The van der Waals surface area contributed by atoms with Crippen LogP contribution in [-0.2, 0) is 16.1 Å². The van der Waals surface area contributed by atoms with E-state index in [1.54, 1.807) is 43.4 Å². The van der Waals surface area contributed by atoms with E-state index in [1.807, 2.05) is 19.1 Å². The molecule has 28 heavy (non-hydrogen) atoms. The summed E-state index contributed by atoms with van der Waals surface area (Å²) >= 11 is 0. The van der Waals surface area contributed by atoms with E-state index in [-0.39, 0.29) is 36.9 Å². The first-order valence-electron chi connectivity index (χ1n) is 8.87. The Morgan fingerprint density at radius 2 is 1.82 bits per heavy atom. The SMILES string of the molecule is Cc1ccc(NC(=O)CN(C)C(=O)CCn2nnc3ccccc3c2=O)cc1. The lowest BCUT2D eigenvalue weighted by atomic mass is 10.2. The second-order valence-corrected chi connectivity index (χ2v) is 6.55. The molecule has 8 nitrogen and oxygen atoms in total. The third kappa shape index (κ3) is 4.59. The molecule has 0 saturated carbocycles. The van der Waals surface area contributed by atoms with Crippen LogP contribution in [0.2, 0.25) is 0 Å². The molecular formula is C20H21N5O3. The molecule has 0 spiro atoms. The van der Waals surface area contributed by atoms with Crippen molar-refractivity contribution in [2.45, 2.75) is 19.9 Å². The molecule has 8 heteroatoms. The summed E-state index contributed by atoms with van der Waals surface area (Å²) in [6.07, 6.45) is 0.0429. The van der Waals surface area contributed by atoms with E-state index in [1.165, 1.54) is 9.58 Å². The molecule has 0 unspecified atom stereocenters. The highest BCUT2D eigenvalue weighted by atomic mass is 16.2. The monoisotopic (exact) mass is 379 g/mol. The molecule has 1 heterocycles. The molecule has 0 fully saturated rings. The number of nitrogens with one attached hydrogen (secondary N) is 1. The molecule has 3 rings (SSSR count). The lowest BCUT2D eigenvalue weighted by molar-refractivity contribution is -0.133. The van der Waals surface area contributed by atoms with Gasteiger partial charge in [-0.1, -0.05) is 35.0 Å². The normalized spacial score (nSPS) is 10.6. The number of carbonyl (C=O) groups excluding carboxylic acids is 2. The van der Waals surface area contributed by atoms with Crippen LogP contribution >= 0.6 is 0 Å². The van der Waals surface area contributed by atoms with Gasteiger partial charge in [0, 0.05) is 19.2 Å². The maximum absolute atomic E-state index is 12.4. The Morgan fingerprint density at radius 3 is 2.57 bits per heavy atom. The number of nitrogens with zero attached hydrogens (tertiary/aromatic N) is 4. The van der Waals surface area contributed by atoms with E-state index in [0.29, 0.717) is 16.6 Å². The number of benzene rings is 2. The number of anilines is 1. The number of hydrogen-bond donors (Lipinski definition) is 1. The lowest BCUT2D eigenvalue weighted by Crippen LogP contribution is -2.36. The Bertz CT molecular complexity index is 1060. The van der Waals surface area contributed by atoms with Crippen molar-refractivity contribution in [1.29, 1.82) is 0 Å². The number of aryl methyl sites for hydroxylation is 2. The highest BCUT2D eigenvalue weighted by Gasteiger charge is 2.14. The van der Waals surface area contributed by atoms with Crippen molar-refractivity contribution in [2.24, 2.45) is 0 Å². The molecule has 1 aromatic heterocycles. The fourth-order valence-corrected chi connectivity index (χ4v) is 2.70. The van der Waals surface area contributed by atoms with Gasteiger partial charge in [0.25, 0.3) is 5.56 Å². The molecule has 0 aliphatic rings. The summed E-state index contributed by atoms with van der Waals surface area (Å²) in [5.74, 6) is -0.553. The highest BCUT2D eigenvalue weighted by Crippen LogP contribution is 2.08. The summed E-state index contributed by atoms with van der Waals surface area (Å²) < 4.78 is 1.17. The number of hydrogen-bond acceptors (Lipinski definition) is 5. The van der Waals surface area contributed by atoms with E-state index in [9.17, 15) is 14.4 Å². The molecule has 2 aromatic carbocycles. The van der Waals surface area contributed by atoms with Crippen LogP contribution in [0, 0.1) is 6.92 Å². The smallest absolute Gasteiger partial charge is 0.277 e. The molecule has 2 amide bonds. The zero-order chi connectivity index (χ0) is 20.1. The average molecular weight is 379 g/mol. The van der Waals surface area contributed by atoms with Gasteiger partial charge in [0.15, 0.2) is 0 Å². The van der Waals surface area contributed by atoms with Crippen LogP contribution in [0.25, 0.3) is 10.9 Å². The summed E-state index contributed by atoms with van der Waals surface area (Å²) in [7, 11) is 1.55. The number of fused-ring (bicyclic) bond motifs is 1. The molecule has 0 aliphatic carbocycles. The molecule has 144 valence electrons. The third-order valence-corrected chi connectivity index (χ3v) is 4.31. The summed E-state index contributed by atoms with van der Waals surface area (Å²) in [4.78, 5) is 38.1. The summed E-state index contributed by atoms with van der Waals surface area (Å²) in [5, 5.41) is 11.1. The molecule has 0 aliphatic heterocycles. The van der Waals surface area contributed by atoms with Crippen molar-refractivity contribution in [3.05, 3.63) is 64.4 Å². The van der Waals surface area contributed by atoms with Crippen molar-refractivity contribution in [3.63, 3.8) is 0 Å². The zero-order valence-electron chi connectivity index (χ0n) is 15.8. The molecule has 0 radical (unpaired) electrons. The Labute approximate surface area is 161 Å². The minimum Gasteiger partial charge on any atom is -0.336 e. The maximum atomic E-state index is 12.4. The van der Waals surface area contributed by atoms with Gasteiger partial charge in [-0.05, 0) is 31.2 Å². The van der Waals surface area contributed by atoms with Gasteiger partial charge < -0.3 is 10.2 Å². The summed E-state index contributed by atoms with van der Waals surface area (Å²) in [6.45, 7) is 1.98. The number of aromatic nitrogens is 3. The Balaban J connectivity index is 1.55. The van der Waals surface area contributed by atoms with Gasteiger partial charge in [-0.25, -0.2) is 4.68 Å². The van der Waals surface area contributed by atoms with E-state index in [0.717, 1.165) is 5.56 Å². The largest absolute Gasteiger partial charge is 0.336 e. The summed E-state index contributed by atoms with van der Waals surface area (Å²) in [6, 6.07) is 14.3. The van der Waals surface area contributed by atoms with Gasteiger partial charge in [-0.2, -0.15) is 0 Å². The van der Waals surface area contributed by atoms with Gasteiger partial charge in [-0.3, -0.25) is 14.4 Å². The fourth-order valence-electron chi connectivity index (χ4n) is 2.70. The molecule has 1 N–H and O–H groups in total. The minimum atomic E-state index is -0.293. The van der Waals surface area contributed by atoms with Crippen molar-refractivity contribution >= 4 is 28.4 Å². The Morgan fingerprint density at radius 1 is 1.11 bits per heavy atom. The van der Waals surface area contributed by atoms with Crippen molar-refractivity contribution in [1.82, 2.24) is 19.9 Å². The number of rotatable bonds is 6. The van der Waals surface area contributed by atoms with Gasteiger partial charge in [-0.15, -0.1) is 5.10 Å². The third-order valence-electron chi connectivity index (χ3n) is 4.31. The van der Waals surface area contributed by atoms with Crippen molar-refractivity contribution in [3.8, 4) is 0 Å². The van der Waals surface area contributed by atoms with Gasteiger partial charge in [0.2, 0.25) is 11.8 Å². The topological polar surface area (TPSA) is 97.2 Å². The van der Waals surface area contributed by atoms with Gasteiger partial charge in [0.05, 0.1) is 18.5 Å². The molecule has 0 bridgehead atoms. The molecule has 0 saturated heterocycles. The zero-order valence-corrected chi connectivity index (χ0v) is 15.8. The van der Waals surface area contributed by atoms with E-state index < -0.39 is 0 Å². The van der Waals surface area contributed by atoms with Gasteiger partial charge in [0.1, 0.15) is 5.52 Å².